The number of phenolic OH excluding ortho intramolecular Hbond substituents is 1. The maximum Gasteiger partial charge on any atom is 0.216 e. The lowest BCUT2D eigenvalue weighted by Gasteiger charge is -2.32. The number of aromatic hydroxyl groups is 1. The summed E-state index contributed by atoms with van der Waals surface area (Å²) in [5.74, 6) is 1.18. The number of phenols is 1. The van der Waals surface area contributed by atoms with Gasteiger partial charge in [0.1, 0.15) is 11.5 Å². The van der Waals surface area contributed by atoms with E-state index in [0.717, 1.165) is 12.0 Å². The number of rotatable bonds is 6. The Morgan fingerprint density at radius 2 is 2.24 bits per heavy atom. The summed E-state index contributed by atoms with van der Waals surface area (Å²) in [6.07, 6.45) is 3.15. The van der Waals surface area contributed by atoms with Gasteiger partial charge in [0.05, 0.1) is 25.9 Å². The van der Waals surface area contributed by atoms with E-state index in [4.69, 9.17) is 14.2 Å². The highest BCUT2D eigenvalue weighted by Gasteiger charge is 2.30. The van der Waals surface area contributed by atoms with Crippen LogP contribution in [0, 0.1) is 5.92 Å². The molecule has 6 heteroatoms. The molecule has 2 aromatic rings. The van der Waals surface area contributed by atoms with Crippen LogP contribution in [-0.2, 0) is 4.74 Å². The van der Waals surface area contributed by atoms with Gasteiger partial charge in [0.25, 0.3) is 0 Å². The van der Waals surface area contributed by atoms with Crippen molar-refractivity contribution in [2.75, 3.05) is 26.9 Å². The zero-order chi connectivity index (χ0) is 17.6. The number of hydrogen-bond donors (Lipinski definition) is 1. The molecule has 1 fully saturated rings. The average Bonchev–Trinajstić information content (AvgIpc) is 2.66. The Morgan fingerprint density at radius 3 is 3.04 bits per heavy atom. The maximum absolute atomic E-state index is 11.2. The Labute approximate surface area is 146 Å². The van der Waals surface area contributed by atoms with Gasteiger partial charge in [0, 0.05) is 24.3 Å². The number of nitrogens with zero attached hydrogens (tertiary/aromatic N) is 1. The van der Waals surface area contributed by atoms with Gasteiger partial charge in [0.2, 0.25) is 5.88 Å². The fourth-order valence-corrected chi connectivity index (χ4v) is 3.20. The van der Waals surface area contributed by atoms with Crippen LogP contribution in [0.25, 0.3) is 0 Å². The molecular weight excluding hydrogens is 322 g/mol. The van der Waals surface area contributed by atoms with E-state index in [-0.39, 0.29) is 23.1 Å². The SMILES string of the molecule is COc1ncccc1C1CCOCC1COc1cccc(O)c1C=O. The van der Waals surface area contributed by atoms with E-state index in [1.807, 2.05) is 12.1 Å². The number of ether oxygens (including phenoxy) is 3. The summed E-state index contributed by atoms with van der Waals surface area (Å²) < 4.78 is 16.8. The highest BCUT2D eigenvalue weighted by Crippen LogP contribution is 2.37. The molecule has 0 aliphatic carbocycles. The third kappa shape index (κ3) is 3.74. The number of methoxy groups -OCH3 is 1. The molecule has 1 N–H and O–H groups in total. The molecule has 2 unspecified atom stereocenters. The molecule has 0 amide bonds. The van der Waals surface area contributed by atoms with Crippen molar-refractivity contribution >= 4 is 6.29 Å². The normalized spacial score (nSPS) is 20.0. The standard InChI is InChI=1S/C19H21NO5/c1-23-19-15(4-3-8-20-19)14-7-9-24-11-13(14)12-25-18-6-2-5-17(22)16(18)10-21/h2-6,8,10,13-14,22H,7,9,11-12H2,1H3. The minimum absolute atomic E-state index is 0.0853. The van der Waals surface area contributed by atoms with Crippen LogP contribution >= 0.6 is 0 Å². The van der Waals surface area contributed by atoms with E-state index in [9.17, 15) is 9.90 Å². The number of aromatic nitrogens is 1. The second-order valence-corrected chi connectivity index (χ2v) is 5.95. The van der Waals surface area contributed by atoms with Crippen molar-refractivity contribution in [3.63, 3.8) is 0 Å². The van der Waals surface area contributed by atoms with Crippen molar-refractivity contribution < 1.29 is 24.1 Å². The van der Waals surface area contributed by atoms with Crippen molar-refractivity contribution in [2.24, 2.45) is 5.92 Å². The third-order valence-corrected chi connectivity index (χ3v) is 4.48. The van der Waals surface area contributed by atoms with Crippen LogP contribution in [-0.4, -0.2) is 43.3 Å². The Bertz CT molecular complexity index is 734. The van der Waals surface area contributed by atoms with Crippen molar-refractivity contribution in [2.45, 2.75) is 12.3 Å². The molecular formula is C19H21NO5. The van der Waals surface area contributed by atoms with Gasteiger partial charge in [-0.25, -0.2) is 4.98 Å². The summed E-state index contributed by atoms with van der Waals surface area (Å²) >= 11 is 0. The number of hydrogen-bond acceptors (Lipinski definition) is 6. The fourth-order valence-electron chi connectivity index (χ4n) is 3.20. The van der Waals surface area contributed by atoms with Gasteiger partial charge in [-0.15, -0.1) is 0 Å². The number of aldehydes is 1. The lowest BCUT2D eigenvalue weighted by Crippen LogP contribution is -2.31. The molecule has 1 saturated heterocycles. The van der Waals surface area contributed by atoms with Gasteiger partial charge in [-0.2, -0.15) is 0 Å². The first-order chi connectivity index (χ1) is 12.2. The van der Waals surface area contributed by atoms with Crippen LogP contribution < -0.4 is 9.47 Å². The van der Waals surface area contributed by atoms with E-state index in [1.165, 1.54) is 6.07 Å². The lowest BCUT2D eigenvalue weighted by molar-refractivity contribution is 0.0199. The van der Waals surface area contributed by atoms with Crippen molar-refractivity contribution in [3.8, 4) is 17.4 Å². The second kappa shape index (κ2) is 7.98. The first-order valence-corrected chi connectivity index (χ1v) is 8.21. The maximum atomic E-state index is 11.2. The summed E-state index contributed by atoms with van der Waals surface area (Å²) in [5, 5.41) is 9.77. The molecule has 1 aliphatic rings. The summed E-state index contributed by atoms with van der Waals surface area (Å²) in [5.41, 5.74) is 1.20. The molecule has 0 saturated carbocycles. The molecule has 0 spiro atoms. The Kier molecular flexibility index (Phi) is 5.50. The highest BCUT2D eigenvalue weighted by molar-refractivity contribution is 5.83. The summed E-state index contributed by atoms with van der Waals surface area (Å²) in [7, 11) is 1.61. The van der Waals surface area contributed by atoms with Crippen molar-refractivity contribution in [1.29, 1.82) is 0 Å². The zero-order valence-electron chi connectivity index (χ0n) is 14.1. The van der Waals surface area contributed by atoms with Crippen LogP contribution in [0.1, 0.15) is 28.3 Å². The van der Waals surface area contributed by atoms with E-state index in [0.29, 0.717) is 37.7 Å². The monoisotopic (exact) mass is 343 g/mol. The van der Waals surface area contributed by atoms with Gasteiger partial charge < -0.3 is 19.3 Å². The van der Waals surface area contributed by atoms with E-state index in [1.54, 1.807) is 25.4 Å². The first kappa shape index (κ1) is 17.2. The van der Waals surface area contributed by atoms with Gasteiger partial charge in [0.15, 0.2) is 6.29 Å². The quantitative estimate of drug-likeness (QED) is 0.813. The molecule has 3 rings (SSSR count). The van der Waals surface area contributed by atoms with Crippen molar-refractivity contribution in [1.82, 2.24) is 4.98 Å². The van der Waals surface area contributed by atoms with Crippen LogP contribution in [0.15, 0.2) is 36.5 Å². The summed E-state index contributed by atoms with van der Waals surface area (Å²) in [6.45, 7) is 1.59. The fraction of sp³-hybridized carbons (Fsp3) is 0.368. The topological polar surface area (TPSA) is 77.9 Å². The molecule has 1 aliphatic heterocycles. The van der Waals surface area contributed by atoms with E-state index >= 15 is 0 Å². The minimum atomic E-state index is -0.0853. The second-order valence-electron chi connectivity index (χ2n) is 5.95. The van der Waals surface area contributed by atoms with Gasteiger partial charge >= 0.3 is 0 Å². The van der Waals surface area contributed by atoms with E-state index in [2.05, 4.69) is 4.98 Å². The molecule has 132 valence electrons. The number of carbonyl (C=O) groups excluding carboxylic acids is 1. The number of pyridine rings is 1. The molecule has 1 aromatic carbocycles. The Balaban J connectivity index is 1.78. The minimum Gasteiger partial charge on any atom is -0.507 e. The predicted molar refractivity (Wildman–Crippen MR) is 91.4 cm³/mol. The lowest BCUT2D eigenvalue weighted by atomic mass is 9.83. The largest absolute Gasteiger partial charge is 0.507 e. The molecule has 6 nitrogen and oxygen atoms in total. The molecule has 2 atom stereocenters. The first-order valence-electron chi connectivity index (χ1n) is 8.21. The number of carbonyl (C=O) groups is 1. The van der Waals surface area contributed by atoms with Gasteiger partial charge in [-0.3, -0.25) is 4.79 Å². The predicted octanol–water partition coefficient (Wildman–Crippen LogP) is 2.81. The van der Waals surface area contributed by atoms with Crippen LogP contribution in [0.5, 0.6) is 17.4 Å². The van der Waals surface area contributed by atoms with Crippen LogP contribution in [0.3, 0.4) is 0 Å². The smallest absolute Gasteiger partial charge is 0.216 e. The third-order valence-electron chi connectivity index (χ3n) is 4.48. The summed E-state index contributed by atoms with van der Waals surface area (Å²) in [4.78, 5) is 15.5. The average molecular weight is 343 g/mol. The molecule has 2 heterocycles. The zero-order valence-corrected chi connectivity index (χ0v) is 14.1. The van der Waals surface area contributed by atoms with Gasteiger partial charge in [-0.1, -0.05) is 12.1 Å². The molecule has 0 bridgehead atoms. The summed E-state index contributed by atoms with van der Waals surface area (Å²) in [6, 6.07) is 8.69. The van der Waals surface area contributed by atoms with Crippen molar-refractivity contribution in [3.05, 3.63) is 47.7 Å². The molecule has 0 radical (unpaired) electrons. The molecule has 1 aromatic heterocycles. The van der Waals surface area contributed by atoms with Gasteiger partial charge in [-0.05, 0) is 30.5 Å². The number of benzene rings is 1. The van der Waals surface area contributed by atoms with E-state index < -0.39 is 0 Å². The Morgan fingerprint density at radius 1 is 1.36 bits per heavy atom. The van der Waals surface area contributed by atoms with Crippen LogP contribution in [0.4, 0.5) is 0 Å². The molecule has 25 heavy (non-hydrogen) atoms. The van der Waals surface area contributed by atoms with Crippen LogP contribution in [0.2, 0.25) is 0 Å². The highest BCUT2D eigenvalue weighted by atomic mass is 16.5. The Hall–Kier alpha value is -2.60.